The number of benzene rings is 9. The molecule has 3 aromatic heterocycles. The summed E-state index contributed by atoms with van der Waals surface area (Å²) in [5.74, 6) is 1.88. The molecule has 0 saturated heterocycles. The molecule has 260 valence electrons. The maximum absolute atomic E-state index is 6.51. The molecule has 0 aliphatic heterocycles. The molecule has 0 bridgehead atoms. The lowest BCUT2D eigenvalue weighted by molar-refractivity contribution is 0.669. The predicted molar refractivity (Wildman–Crippen MR) is 230 cm³/mol. The Morgan fingerprint density at radius 1 is 0.357 bits per heavy atom. The molecule has 12 aromatic rings. The molecule has 9 aromatic carbocycles. The van der Waals surface area contributed by atoms with E-state index in [4.69, 9.17) is 19.4 Å². The van der Waals surface area contributed by atoms with Gasteiger partial charge in [-0.25, -0.2) is 15.0 Å². The first kappa shape index (κ1) is 30.8. The fourth-order valence-corrected chi connectivity index (χ4v) is 8.71. The quantitative estimate of drug-likeness (QED) is 0.170. The molecule has 0 N–H and O–H groups in total. The predicted octanol–water partition coefficient (Wildman–Crippen LogP) is 13.3. The van der Waals surface area contributed by atoms with Crippen molar-refractivity contribution >= 4 is 76.1 Å². The standard InChI is InChI=1S/C51H30N4O/c1-3-13-33(14-4-1)49-52-50(34-23-27-43-41(30-34)38-18-9-10-21-42(38)55(43)35-15-5-2-6-16-35)54-51(53-49)40-20-11-19-39-37(40)26-22-32-25-29-45-48(46(32)39)47-36-17-8-7-12-31(36)24-28-44(47)56-45/h1-30H. The highest BCUT2D eigenvalue weighted by Crippen LogP contribution is 2.43. The van der Waals surface area contributed by atoms with Gasteiger partial charge in [0.05, 0.1) is 11.0 Å². The molecule has 0 spiro atoms. The normalized spacial score (nSPS) is 11.9. The lowest BCUT2D eigenvalue weighted by Gasteiger charge is -2.12. The molecular weight excluding hydrogens is 685 g/mol. The van der Waals surface area contributed by atoms with Gasteiger partial charge in [-0.1, -0.05) is 133 Å². The smallest absolute Gasteiger partial charge is 0.164 e. The van der Waals surface area contributed by atoms with Crippen LogP contribution in [0.4, 0.5) is 0 Å². The van der Waals surface area contributed by atoms with Gasteiger partial charge < -0.3 is 8.98 Å². The lowest BCUT2D eigenvalue weighted by atomic mass is 9.94. The van der Waals surface area contributed by atoms with Gasteiger partial charge in [0.15, 0.2) is 17.5 Å². The van der Waals surface area contributed by atoms with Gasteiger partial charge in [-0.15, -0.1) is 0 Å². The number of fused-ring (bicyclic) bond motifs is 12. The summed E-state index contributed by atoms with van der Waals surface area (Å²) in [6.07, 6.45) is 0. The van der Waals surface area contributed by atoms with Crippen molar-refractivity contribution in [1.82, 2.24) is 19.5 Å². The van der Waals surface area contributed by atoms with Gasteiger partial charge in [0.2, 0.25) is 0 Å². The molecule has 0 aliphatic carbocycles. The van der Waals surface area contributed by atoms with Crippen LogP contribution in [0.5, 0.6) is 0 Å². The van der Waals surface area contributed by atoms with Crippen LogP contribution in [-0.2, 0) is 0 Å². The van der Waals surface area contributed by atoms with E-state index in [0.717, 1.165) is 82.3 Å². The minimum atomic E-state index is 0.625. The van der Waals surface area contributed by atoms with Gasteiger partial charge in [0, 0.05) is 49.3 Å². The second-order valence-electron chi connectivity index (χ2n) is 14.4. The van der Waals surface area contributed by atoms with Gasteiger partial charge in [-0.3, -0.25) is 0 Å². The summed E-state index contributed by atoms with van der Waals surface area (Å²) in [5.41, 5.74) is 7.98. The Hall–Kier alpha value is -7.63. The third-order valence-electron chi connectivity index (χ3n) is 11.2. The van der Waals surface area contributed by atoms with E-state index in [9.17, 15) is 0 Å². The fourth-order valence-electron chi connectivity index (χ4n) is 8.71. The molecule has 5 nitrogen and oxygen atoms in total. The number of nitrogens with zero attached hydrogens (tertiary/aromatic N) is 4. The summed E-state index contributed by atoms with van der Waals surface area (Å²) >= 11 is 0. The molecule has 0 amide bonds. The van der Waals surface area contributed by atoms with E-state index in [-0.39, 0.29) is 0 Å². The number of hydrogen-bond donors (Lipinski definition) is 0. The first-order chi connectivity index (χ1) is 27.8. The number of rotatable bonds is 4. The number of hydrogen-bond acceptors (Lipinski definition) is 4. The molecule has 0 fully saturated rings. The van der Waals surface area contributed by atoms with Crippen LogP contribution in [0, 0.1) is 0 Å². The Morgan fingerprint density at radius 2 is 1.00 bits per heavy atom. The van der Waals surface area contributed by atoms with Gasteiger partial charge in [-0.05, 0) is 75.5 Å². The Labute approximate surface area is 320 Å². The Bertz CT molecular complexity index is 3530. The molecule has 5 heteroatoms. The molecule has 0 radical (unpaired) electrons. The summed E-state index contributed by atoms with van der Waals surface area (Å²) in [5, 5.41) is 11.5. The van der Waals surface area contributed by atoms with Crippen LogP contribution in [0.1, 0.15) is 0 Å². The summed E-state index contributed by atoms with van der Waals surface area (Å²) in [6.45, 7) is 0. The van der Waals surface area contributed by atoms with Gasteiger partial charge in [-0.2, -0.15) is 0 Å². The number of furan rings is 1. The number of aromatic nitrogens is 4. The largest absolute Gasteiger partial charge is 0.456 e. The van der Waals surface area contributed by atoms with Crippen molar-refractivity contribution in [2.75, 3.05) is 0 Å². The molecule has 3 heterocycles. The summed E-state index contributed by atoms with van der Waals surface area (Å²) in [4.78, 5) is 15.6. The highest BCUT2D eigenvalue weighted by Gasteiger charge is 2.20. The Balaban J connectivity index is 1.11. The monoisotopic (exact) mass is 714 g/mol. The van der Waals surface area contributed by atoms with Crippen LogP contribution >= 0.6 is 0 Å². The van der Waals surface area contributed by atoms with E-state index < -0.39 is 0 Å². The van der Waals surface area contributed by atoms with Crippen LogP contribution < -0.4 is 0 Å². The van der Waals surface area contributed by atoms with Gasteiger partial charge >= 0.3 is 0 Å². The van der Waals surface area contributed by atoms with Crippen molar-refractivity contribution in [2.24, 2.45) is 0 Å². The Morgan fingerprint density at radius 3 is 1.86 bits per heavy atom. The van der Waals surface area contributed by atoms with Crippen molar-refractivity contribution in [2.45, 2.75) is 0 Å². The van der Waals surface area contributed by atoms with E-state index in [0.29, 0.717) is 17.5 Å². The molecule has 0 saturated carbocycles. The van der Waals surface area contributed by atoms with Gasteiger partial charge in [0.25, 0.3) is 0 Å². The maximum atomic E-state index is 6.51. The SMILES string of the molecule is c1ccc(-c2nc(-c3ccc4c(c3)c3ccccc3n4-c3ccccc3)nc(-c3cccc4c3ccc3ccc5oc6ccc7ccccc7c6c5c34)n2)cc1. The van der Waals surface area contributed by atoms with Gasteiger partial charge in [0.1, 0.15) is 11.2 Å². The van der Waals surface area contributed by atoms with E-state index in [1.807, 2.05) is 18.2 Å². The molecule has 12 rings (SSSR count). The van der Waals surface area contributed by atoms with Crippen LogP contribution in [0.3, 0.4) is 0 Å². The van der Waals surface area contributed by atoms with Crippen LogP contribution in [0.15, 0.2) is 186 Å². The molecule has 0 unspecified atom stereocenters. The summed E-state index contributed by atoms with van der Waals surface area (Å²) in [6, 6.07) is 63.7. The number of para-hydroxylation sites is 2. The zero-order valence-electron chi connectivity index (χ0n) is 30.0. The zero-order valence-corrected chi connectivity index (χ0v) is 30.0. The Kier molecular flexibility index (Phi) is 6.56. The average Bonchev–Trinajstić information content (AvgIpc) is 3.82. The van der Waals surface area contributed by atoms with Crippen molar-refractivity contribution in [3.63, 3.8) is 0 Å². The van der Waals surface area contributed by atoms with Crippen molar-refractivity contribution in [3.05, 3.63) is 182 Å². The summed E-state index contributed by atoms with van der Waals surface area (Å²) in [7, 11) is 0. The first-order valence-corrected chi connectivity index (χ1v) is 18.9. The minimum Gasteiger partial charge on any atom is -0.456 e. The van der Waals surface area contributed by atoms with E-state index >= 15 is 0 Å². The van der Waals surface area contributed by atoms with E-state index in [2.05, 4.69) is 168 Å². The zero-order chi connectivity index (χ0) is 36.7. The van der Waals surface area contributed by atoms with E-state index in [1.165, 1.54) is 16.2 Å². The summed E-state index contributed by atoms with van der Waals surface area (Å²) < 4.78 is 8.84. The second-order valence-corrected chi connectivity index (χ2v) is 14.4. The van der Waals surface area contributed by atoms with E-state index in [1.54, 1.807) is 0 Å². The lowest BCUT2D eigenvalue weighted by Crippen LogP contribution is -2.00. The second kappa shape index (κ2) is 11.9. The molecule has 0 aliphatic rings. The van der Waals surface area contributed by atoms with Crippen molar-refractivity contribution < 1.29 is 4.42 Å². The van der Waals surface area contributed by atoms with Crippen LogP contribution in [0.2, 0.25) is 0 Å². The van der Waals surface area contributed by atoms with Crippen molar-refractivity contribution in [3.8, 4) is 39.9 Å². The van der Waals surface area contributed by atoms with Crippen molar-refractivity contribution in [1.29, 1.82) is 0 Å². The first-order valence-electron chi connectivity index (χ1n) is 18.9. The average molecular weight is 715 g/mol. The third-order valence-corrected chi connectivity index (χ3v) is 11.2. The fraction of sp³-hybridized carbons (Fsp3) is 0. The maximum Gasteiger partial charge on any atom is 0.164 e. The molecular formula is C51H30N4O. The molecule has 0 atom stereocenters. The van der Waals surface area contributed by atoms with Crippen LogP contribution in [0.25, 0.3) is 116 Å². The topological polar surface area (TPSA) is 56.7 Å². The minimum absolute atomic E-state index is 0.625. The van der Waals surface area contributed by atoms with Crippen LogP contribution in [-0.4, -0.2) is 19.5 Å². The highest BCUT2D eigenvalue weighted by molar-refractivity contribution is 6.31. The molecule has 56 heavy (non-hydrogen) atoms. The third kappa shape index (κ3) is 4.58. The highest BCUT2D eigenvalue weighted by atomic mass is 16.3.